The van der Waals surface area contributed by atoms with Gasteiger partial charge in [-0.25, -0.2) is 9.59 Å². The molecule has 0 spiro atoms. The Labute approximate surface area is 162 Å². The number of carboxylic acid groups (broad SMARTS) is 1. The van der Waals surface area contributed by atoms with Crippen LogP contribution in [0.15, 0.2) is 47.7 Å². The van der Waals surface area contributed by atoms with Gasteiger partial charge in [-0.05, 0) is 29.3 Å². The molecule has 1 aromatic rings. The number of nitrogens with zero attached hydrogens (tertiary/aromatic N) is 2. The molecule has 10 nitrogen and oxygen atoms in total. The minimum atomic E-state index is -1.19. The summed E-state index contributed by atoms with van der Waals surface area (Å²) in [7, 11) is 0. The molecule has 28 heavy (non-hydrogen) atoms. The van der Waals surface area contributed by atoms with E-state index < -0.39 is 34.2 Å². The lowest BCUT2D eigenvalue weighted by Gasteiger charge is -2.48. The molecule has 1 amide bonds. The van der Waals surface area contributed by atoms with Crippen LogP contribution in [0, 0.1) is 10.1 Å². The molecule has 0 radical (unpaired) electrons. The molecule has 0 bridgehead atoms. The summed E-state index contributed by atoms with van der Waals surface area (Å²) < 4.78 is 5.25. The summed E-state index contributed by atoms with van der Waals surface area (Å²) in [6, 6.07) is 4.75. The van der Waals surface area contributed by atoms with Crippen LogP contribution in [0.4, 0.5) is 5.69 Å². The van der Waals surface area contributed by atoms with Gasteiger partial charge in [-0.3, -0.25) is 19.8 Å². The smallest absolute Gasteiger partial charge is 0.355 e. The van der Waals surface area contributed by atoms with E-state index in [4.69, 9.17) is 15.6 Å². The lowest BCUT2D eigenvalue weighted by Crippen LogP contribution is -2.68. The minimum absolute atomic E-state index is 0.0325. The van der Waals surface area contributed by atoms with Crippen LogP contribution < -0.4 is 5.73 Å². The number of hydrogen-bond acceptors (Lipinski definition) is 8. The maximum absolute atomic E-state index is 12.6. The van der Waals surface area contributed by atoms with Crippen molar-refractivity contribution in [3.05, 3.63) is 63.4 Å². The molecule has 0 saturated carbocycles. The number of rotatable bonds is 6. The van der Waals surface area contributed by atoms with Crippen molar-refractivity contribution >= 4 is 35.3 Å². The molecule has 1 unspecified atom stereocenters. The monoisotopic (exact) mass is 405 g/mol. The predicted molar refractivity (Wildman–Crippen MR) is 97.8 cm³/mol. The van der Waals surface area contributed by atoms with Crippen LogP contribution in [0.25, 0.3) is 0 Å². The first kappa shape index (κ1) is 19.6. The number of benzene rings is 1. The maximum atomic E-state index is 12.6. The molecular weight excluding hydrogens is 390 g/mol. The number of amides is 1. The minimum Gasteiger partial charge on any atom is -0.478 e. The van der Waals surface area contributed by atoms with Crippen LogP contribution in [0.1, 0.15) is 5.56 Å². The zero-order valence-electron chi connectivity index (χ0n) is 14.3. The van der Waals surface area contributed by atoms with Crippen molar-refractivity contribution in [3.8, 4) is 0 Å². The van der Waals surface area contributed by atoms with E-state index in [1.54, 1.807) is 0 Å². The summed E-state index contributed by atoms with van der Waals surface area (Å²) in [5.41, 5.74) is 6.50. The average molecular weight is 405 g/mol. The molecule has 11 heteroatoms. The van der Waals surface area contributed by atoms with E-state index in [9.17, 15) is 24.5 Å². The Bertz CT molecular complexity index is 910. The van der Waals surface area contributed by atoms with Crippen molar-refractivity contribution in [2.24, 2.45) is 5.73 Å². The number of thioether (sulfide) groups is 1. The lowest BCUT2D eigenvalue weighted by atomic mass is 10.0. The molecule has 2 aliphatic heterocycles. The number of non-ortho nitro benzene ring substituents is 1. The van der Waals surface area contributed by atoms with Crippen molar-refractivity contribution < 1.29 is 29.2 Å². The molecule has 3 rings (SSSR count). The molecule has 2 atom stereocenters. The van der Waals surface area contributed by atoms with E-state index in [1.807, 2.05) is 0 Å². The van der Waals surface area contributed by atoms with Crippen LogP contribution in [-0.4, -0.2) is 49.9 Å². The highest BCUT2D eigenvalue weighted by molar-refractivity contribution is 8.00. The molecule has 2 heterocycles. The standard InChI is InChI=1S/C17H15N3O7S/c18-13-15(23)19-14(10(3-6-12(21)22)8-28-16(13)19)17(24)27-7-9-1-4-11(5-2-9)20(25)26/h1-6,13,16H,7-8,18H2,(H,21,22)/t13?,16-/m0/s1. The second kappa shape index (κ2) is 7.82. The third kappa shape index (κ3) is 3.75. The number of carbonyl (C=O) groups excluding carboxylic acids is 2. The fraction of sp³-hybridized carbons (Fsp3) is 0.235. The van der Waals surface area contributed by atoms with Crippen LogP contribution in [-0.2, 0) is 25.7 Å². The first-order chi connectivity index (χ1) is 13.3. The molecule has 146 valence electrons. The summed E-state index contributed by atoms with van der Waals surface area (Å²) in [5.74, 6) is -2.13. The Morgan fingerprint density at radius 3 is 2.68 bits per heavy atom. The molecule has 0 aliphatic carbocycles. The van der Waals surface area contributed by atoms with Crippen LogP contribution in [0.5, 0.6) is 0 Å². The van der Waals surface area contributed by atoms with Crippen molar-refractivity contribution in [1.29, 1.82) is 0 Å². The lowest BCUT2D eigenvalue weighted by molar-refractivity contribution is -0.384. The van der Waals surface area contributed by atoms with Crippen molar-refractivity contribution in [3.63, 3.8) is 0 Å². The number of hydrogen-bond donors (Lipinski definition) is 2. The Balaban J connectivity index is 1.79. The molecule has 2 aliphatic rings. The number of aliphatic carboxylic acids is 1. The van der Waals surface area contributed by atoms with Gasteiger partial charge in [0.1, 0.15) is 23.7 Å². The number of nitrogens with two attached hydrogens (primary N) is 1. The number of fused-ring (bicyclic) bond motifs is 1. The highest BCUT2D eigenvalue weighted by Crippen LogP contribution is 2.40. The fourth-order valence-corrected chi connectivity index (χ4v) is 4.03. The summed E-state index contributed by atoms with van der Waals surface area (Å²) in [4.78, 5) is 46.9. The zero-order valence-corrected chi connectivity index (χ0v) is 15.1. The second-order valence-electron chi connectivity index (χ2n) is 5.98. The maximum Gasteiger partial charge on any atom is 0.355 e. The molecule has 3 N–H and O–H groups in total. The van der Waals surface area contributed by atoms with E-state index in [2.05, 4.69) is 0 Å². The Kier molecular flexibility index (Phi) is 5.47. The zero-order chi connectivity index (χ0) is 20.4. The number of esters is 1. The van der Waals surface area contributed by atoms with E-state index in [0.29, 0.717) is 16.9 Å². The molecule has 1 aromatic carbocycles. The Morgan fingerprint density at radius 2 is 2.07 bits per heavy atom. The summed E-state index contributed by atoms with van der Waals surface area (Å²) >= 11 is 1.33. The van der Waals surface area contributed by atoms with Gasteiger partial charge in [-0.15, -0.1) is 11.8 Å². The first-order valence-electron chi connectivity index (χ1n) is 8.04. The van der Waals surface area contributed by atoms with Gasteiger partial charge in [0, 0.05) is 24.0 Å². The molecule has 1 saturated heterocycles. The van der Waals surface area contributed by atoms with Gasteiger partial charge in [0.15, 0.2) is 0 Å². The number of nitro groups is 1. The first-order valence-corrected chi connectivity index (χ1v) is 9.09. The number of β-lactam (4-membered cyclic amide) rings is 1. The van der Waals surface area contributed by atoms with E-state index >= 15 is 0 Å². The van der Waals surface area contributed by atoms with Crippen LogP contribution in [0.3, 0.4) is 0 Å². The number of ether oxygens (including phenoxy) is 1. The van der Waals surface area contributed by atoms with Crippen molar-refractivity contribution in [2.75, 3.05) is 5.75 Å². The highest BCUT2D eigenvalue weighted by Gasteiger charge is 2.51. The van der Waals surface area contributed by atoms with Gasteiger partial charge in [-0.2, -0.15) is 0 Å². The fourth-order valence-electron chi connectivity index (χ4n) is 2.76. The van der Waals surface area contributed by atoms with Gasteiger partial charge >= 0.3 is 11.9 Å². The second-order valence-corrected chi connectivity index (χ2v) is 7.09. The summed E-state index contributed by atoms with van der Waals surface area (Å²) in [6.45, 7) is -0.165. The van der Waals surface area contributed by atoms with Gasteiger partial charge in [0.05, 0.1) is 4.92 Å². The van der Waals surface area contributed by atoms with Crippen molar-refractivity contribution in [1.82, 2.24) is 4.90 Å². The molecule has 0 aromatic heterocycles. The van der Waals surface area contributed by atoms with Gasteiger partial charge in [-0.1, -0.05) is 0 Å². The highest BCUT2D eigenvalue weighted by atomic mass is 32.2. The van der Waals surface area contributed by atoms with Gasteiger partial charge in [0.2, 0.25) is 5.91 Å². The SMILES string of the molecule is NC1C(=O)N2C(C(=O)OCc3ccc([N+](=O)[O-])cc3)=C(C=CC(=O)O)CS[C@@H]12. The number of carbonyl (C=O) groups is 3. The number of carboxylic acids is 1. The van der Waals surface area contributed by atoms with Crippen LogP contribution >= 0.6 is 11.8 Å². The van der Waals surface area contributed by atoms with Gasteiger partial charge in [0.25, 0.3) is 5.69 Å². The summed E-state index contributed by atoms with van der Waals surface area (Å²) in [6.07, 6.45) is 2.13. The number of nitro benzene ring substituents is 1. The number of allylic oxidation sites excluding steroid dienone is 1. The Hall–Kier alpha value is -3.18. The quantitative estimate of drug-likeness (QED) is 0.230. The predicted octanol–water partition coefficient (Wildman–Crippen LogP) is 0.775. The van der Waals surface area contributed by atoms with Crippen molar-refractivity contribution in [2.45, 2.75) is 18.0 Å². The van der Waals surface area contributed by atoms with Gasteiger partial charge < -0.3 is 15.6 Å². The van der Waals surface area contributed by atoms with E-state index in [-0.39, 0.29) is 18.0 Å². The Morgan fingerprint density at radius 1 is 1.39 bits per heavy atom. The topological polar surface area (TPSA) is 153 Å². The van der Waals surface area contributed by atoms with Crippen LogP contribution in [0.2, 0.25) is 0 Å². The summed E-state index contributed by atoms with van der Waals surface area (Å²) in [5, 5.41) is 19.1. The molecular formula is C17H15N3O7S. The van der Waals surface area contributed by atoms with E-state index in [0.717, 1.165) is 6.08 Å². The normalized spacial score (nSPS) is 21.3. The average Bonchev–Trinajstić information content (AvgIpc) is 2.69. The molecule has 1 fully saturated rings. The largest absolute Gasteiger partial charge is 0.478 e. The third-order valence-corrected chi connectivity index (χ3v) is 5.50. The van der Waals surface area contributed by atoms with E-state index in [1.165, 1.54) is 47.0 Å². The third-order valence-electron chi connectivity index (χ3n) is 4.18.